The molecule has 1 fully saturated rings. The van der Waals surface area contributed by atoms with Crippen LogP contribution in [0.5, 0.6) is 5.88 Å². The van der Waals surface area contributed by atoms with Gasteiger partial charge in [0.25, 0.3) is 0 Å². The molecular weight excluding hydrogens is 242 g/mol. The molecule has 2 rings (SSSR count). The Morgan fingerprint density at radius 2 is 2.11 bits per heavy atom. The molecule has 18 heavy (non-hydrogen) atoms. The second-order valence-electron chi connectivity index (χ2n) is 3.39. The Morgan fingerprint density at radius 1 is 1.39 bits per heavy atom. The predicted octanol–water partition coefficient (Wildman–Crippen LogP) is -0.627. The van der Waals surface area contributed by atoms with Gasteiger partial charge in [-0.2, -0.15) is 0 Å². The molecule has 0 unspecified atom stereocenters. The minimum Gasteiger partial charge on any atom is -0.473 e. The molecule has 98 valence electrons. The number of nitrogens with one attached hydrogen (secondary N) is 1. The summed E-state index contributed by atoms with van der Waals surface area (Å²) in [4.78, 5) is 26.0. The Labute approximate surface area is 103 Å². The first-order valence-electron chi connectivity index (χ1n) is 5.19. The van der Waals surface area contributed by atoms with E-state index in [4.69, 9.17) is 24.5 Å². The maximum Gasteiger partial charge on any atom is 0.414 e. The fraction of sp³-hybridized carbons (Fsp3) is 0.400. The Hall–Kier alpha value is -2.22. The van der Waals surface area contributed by atoms with Crippen molar-refractivity contribution in [3.8, 4) is 5.88 Å². The molecule has 0 amide bonds. The minimum atomic E-state index is -1.82. The Balaban J connectivity index is 0.000000232. The van der Waals surface area contributed by atoms with Crippen molar-refractivity contribution in [3.63, 3.8) is 0 Å². The zero-order valence-electron chi connectivity index (χ0n) is 9.44. The first-order valence-corrected chi connectivity index (χ1v) is 5.19. The van der Waals surface area contributed by atoms with Gasteiger partial charge in [-0.3, -0.25) is 0 Å². The van der Waals surface area contributed by atoms with E-state index in [0.29, 0.717) is 5.88 Å². The summed E-state index contributed by atoms with van der Waals surface area (Å²) in [5, 5.41) is 18.0. The molecule has 1 saturated heterocycles. The predicted molar refractivity (Wildman–Crippen MR) is 59.2 cm³/mol. The van der Waals surface area contributed by atoms with Gasteiger partial charge in [-0.05, 0) is 13.0 Å². The summed E-state index contributed by atoms with van der Waals surface area (Å²) < 4.78 is 5.56. The standard InChI is InChI=1S/C8H11N3O.C2H2O4/c1-3-9-5-7(1)12-8-2-4-10-6-11-8;3-1(4)2(5)6/h2,4,6-7,9H,1,3,5H2;(H,3,4)(H,5,6)/t7-;/m0./s1. The van der Waals surface area contributed by atoms with Crippen molar-refractivity contribution in [1.82, 2.24) is 15.3 Å². The average molecular weight is 255 g/mol. The fourth-order valence-electron chi connectivity index (χ4n) is 1.25. The second-order valence-corrected chi connectivity index (χ2v) is 3.39. The molecule has 1 aromatic heterocycles. The van der Waals surface area contributed by atoms with E-state index in [-0.39, 0.29) is 6.10 Å². The van der Waals surface area contributed by atoms with Crippen LogP contribution in [0, 0.1) is 0 Å². The van der Waals surface area contributed by atoms with E-state index in [1.54, 1.807) is 12.3 Å². The number of aliphatic carboxylic acids is 2. The molecule has 0 aliphatic carbocycles. The van der Waals surface area contributed by atoms with E-state index in [1.807, 2.05) is 0 Å². The first kappa shape index (κ1) is 13.8. The van der Waals surface area contributed by atoms with Gasteiger partial charge < -0.3 is 20.3 Å². The molecule has 0 spiro atoms. The Kier molecular flexibility index (Phi) is 5.52. The highest BCUT2D eigenvalue weighted by Crippen LogP contribution is 2.09. The number of aromatic nitrogens is 2. The summed E-state index contributed by atoms with van der Waals surface area (Å²) >= 11 is 0. The molecule has 1 aromatic rings. The zero-order chi connectivity index (χ0) is 13.4. The van der Waals surface area contributed by atoms with Crippen LogP contribution in [-0.2, 0) is 9.59 Å². The van der Waals surface area contributed by atoms with Crippen molar-refractivity contribution in [2.75, 3.05) is 13.1 Å². The number of nitrogens with zero attached hydrogens (tertiary/aromatic N) is 2. The summed E-state index contributed by atoms with van der Waals surface area (Å²) in [5.41, 5.74) is 0. The van der Waals surface area contributed by atoms with Crippen LogP contribution in [0.3, 0.4) is 0 Å². The molecule has 2 heterocycles. The number of ether oxygens (including phenoxy) is 1. The summed E-state index contributed by atoms with van der Waals surface area (Å²) in [6, 6.07) is 1.78. The quantitative estimate of drug-likeness (QED) is 0.597. The van der Waals surface area contributed by atoms with Crippen LogP contribution in [-0.4, -0.2) is 51.3 Å². The van der Waals surface area contributed by atoms with Crippen LogP contribution < -0.4 is 10.1 Å². The molecule has 8 heteroatoms. The van der Waals surface area contributed by atoms with Gasteiger partial charge in [0, 0.05) is 18.8 Å². The highest BCUT2D eigenvalue weighted by molar-refractivity contribution is 6.27. The number of rotatable bonds is 2. The number of carboxylic acids is 2. The zero-order valence-corrected chi connectivity index (χ0v) is 9.44. The summed E-state index contributed by atoms with van der Waals surface area (Å²) in [5.74, 6) is -2.98. The van der Waals surface area contributed by atoms with Crippen LogP contribution in [0.1, 0.15) is 6.42 Å². The van der Waals surface area contributed by atoms with E-state index < -0.39 is 11.9 Å². The lowest BCUT2D eigenvalue weighted by Gasteiger charge is -2.09. The van der Waals surface area contributed by atoms with Gasteiger partial charge in [0.15, 0.2) is 0 Å². The Bertz CT molecular complexity index is 380. The average Bonchev–Trinajstić information content (AvgIpc) is 2.84. The minimum absolute atomic E-state index is 0.278. The van der Waals surface area contributed by atoms with Crippen LogP contribution >= 0.6 is 0 Å². The molecule has 3 N–H and O–H groups in total. The third-order valence-electron chi connectivity index (χ3n) is 2.04. The molecule has 1 aliphatic heterocycles. The SMILES string of the molecule is O=C(O)C(=O)O.c1cc(O[C@H]2CCNC2)ncn1. The lowest BCUT2D eigenvalue weighted by Crippen LogP contribution is -2.19. The molecule has 1 atom stereocenters. The first-order chi connectivity index (χ1) is 8.59. The molecule has 0 saturated carbocycles. The number of carbonyl (C=O) groups is 2. The molecule has 0 bridgehead atoms. The van der Waals surface area contributed by atoms with Crippen LogP contribution in [0.4, 0.5) is 0 Å². The number of hydrogen-bond acceptors (Lipinski definition) is 6. The number of carboxylic acid groups (broad SMARTS) is 2. The van der Waals surface area contributed by atoms with Gasteiger partial charge >= 0.3 is 11.9 Å². The molecule has 0 radical (unpaired) electrons. The lowest BCUT2D eigenvalue weighted by atomic mass is 10.3. The van der Waals surface area contributed by atoms with Gasteiger partial charge in [-0.25, -0.2) is 19.6 Å². The summed E-state index contributed by atoms with van der Waals surface area (Å²) in [6.07, 6.45) is 4.52. The maximum absolute atomic E-state index is 9.10. The van der Waals surface area contributed by atoms with Gasteiger partial charge in [-0.1, -0.05) is 0 Å². The maximum atomic E-state index is 9.10. The molecule has 0 aromatic carbocycles. The van der Waals surface area contributed by atoms with Gasteiger partial charge in [0.05, 0.1) is 0 Å². The highest BCUT2D eigenvalue weighted by atomic mass is 16.5. The van der Waals surface area contributed by atoms with Crippen LogP contribution in [0.2, 0.25) is 0 Å². The molecular formula is C10H13N3O5. The summed E-state index contributed by atoms with van der Waals surface area (Å²) in [6.45, 7) is 1.96. The van der Waals surface area contributed by atoms with E-state index in [1.165, 1.54) is 6.33 Å². The highest BCUT2D eigenvalue weighted by Gasteiger charge is 2.15. The normalized spacial score (nSPS) is 17.4. The van der Waals surface area contributed by atoms with Crippen molar-refractivity contribution in [1.29, 1.82) is 0 Å². The smallest absolute Gasteiger partial charge is 0.414 e. The van der Waals surface area contributed by atoms with Gasteiger partial charge in [-0.15, -0.1) is 0 Å². The van der Waals surface area contributed by atoms with Crippen molar-refractivity contribution in [3.05, 3.63) is 18.6 Å². The monoisotopic (exact) mass is 255 g/mol. The Morgan fingerprint density at radius 3 is 2.56 bits per heavy atom. The van der Waals surface area contributed by atoms with Crippen LogP contribution in [0.15, 0.2) is 18.6 Å². The van der Waals surface area contributed by atoms with E-state index in [0.717, 1.165) is 19.5 Å². The van der Waals surface area contributed by atoms with Crippen LogP contribution in [0.25, 0.3) is 0 Å². The molecule has 1 aliphatic rings. The number of hydrogen-bond donors (Lipinski definition) is 3. The van der Waals surface area contributed by atoms with Gasteiger partial charge in [0.1, 0.15) is 12.4 Å². The van der Waals surface area contributed by atoms with Crippen molar-refractivity contribution in [2.24, 2.45) is 0 Å². The molecule has 8 nitrogen and oxygen atoms in total. The van der Waals surface area contributed by atoms with Crippen molar-refractivity contribution < 1.29 is 24.5 Å². The summed E-state index contributed by atoms with van der Waals surface area (Å²) in [7, 11) is 0. The fourth-order valence-corrected chi connectivity index (χ4v) is 1.25. The largest absolute Gasteiger partial charge is 0.473 e. The van der Waals surface area contributed by atoms with Crippen molar-refractivity contribution in [2.45, 2.75) is 12.5 Å². The lowest BCUT2D eigenvalue weighted by molar-refractivity contribution is -0.159. The second kappa shape index (κ2) is 7.17. The third kappa shape index (κ3) is 5.21. The third-order valence-corrected chi connectivity index (χ3v) is 2.04. The van der Waals surface area contributed by atoms with E-state index >= 15 is 0 Å². The topological polar surface area (TPSA) is 122 Å². The van der Waals surface area contributed by atoms with Gasteiger partial charge in [0.2, 0.25) is 5.88 Å². The van der Waals surface area contributed by atoms with Crippen molar-refractivity contribution >= 4 is 11.9 Å². The van der Waals surface area contributed by atoms with E-state index in [2.05, 4.69) is 15.3 Å². The van der Waals surface area contributed by atoms with E-state index in [9.17, 15) is 0 Å².